The van der Waals surface area contributed by atoms with Gasteiger partial charge in [-0.25, -0.2) is 0 Å². The lowest BCUT2D eigenvalue weighted by atomic mass is 9.84. The van der Waals surface area contributed by atoms with E-state index in [9.17, 15) is 0 Å². The van der Waals surface area contributed by atoms with Crippen LogP contribution in [-0.2, 0) is 4.74 Å². The van der Waals surface area contributed by atoms with E-state index in [4.69, 9.17) is 15.6 Å². The summed E-state index contributed by atoms with van der Waals surface area (Å²) < 4.78 is 5.40. The standard InChI is InChI=1S/C12H25N3O2.HI/c1-2-3-6-14-11(13)15-9-12(4-7-16)5-8-17-10-12;/h16H,2-10H2,1H3,(H3,13,14,15);1H. The number of nitrogens with zero attached hydrogens (tertiary/aromatic N) is 1. The van der Waals surface area contributed by atoms with Gasteiger partial charge in [-0.3, -0.25) is 4.99 Å². The van der Waals surface area contributed by atoms with E-state index in [-0.39, 0.29) is 36.0 Å². The Bertz CT molecular complexity index is 243. The number of halogens is 1. The van der Waals surface area contributed by atoms with E-state index in [1.54, 1.807) is 0 Å². The maximum Gasteiger partial charge on any atom is 0.188 e. The van der Waals surface area contributed by atoms with Crippen LogP contribution in [0, 0.1) is 5.41 Å². The van der Waals surface area contributed by atoms with Gasteiger partial charge >= 0.3 is 0 Å². The van der Waals surface area contributed by atoms with Crippen LogP contribution < -0.4 is 11.1 Å². The molecule has 1 rings (SSSR count). The second kappa shape index (κ2) is 9.80. The number of ether oxygens (including phenoxy) is 1. The lowest BCUT2D eigenvalue weighted by Gasteiger charge is -2.24. The van der Waals surface area contributed by atoms with Crippen molar-refractivity contribution in [3.63, 3.8) is 0 Å². The summed E-state index contributed by atoms with van der Waals surface area (Å²) in [5.74, 6) is 0.502. The molecule has 0 aromatic heterocycles. The van der Waals surface area contributed by atoms with Crippen LogP contribution in [0.4, 0.5) is 0 Å². The fourth-order valence-electron chi connectivity index (χ4n) is 1.99. The topological polar surface area (TPSA) is 79.9 Å². The number of aliphatic hydroxyl groups is 1. The molecule has 0 amide bonds. The Balaban J connectivity index is 0.00000289. The van der Waals surface area contributed by atoms with E-state index in [1.165, 1.54) is 0 Å². The van der Waals surface area contributed by atoms with E-state index in [2.05, 4.69) is 17.2 Å². The maximum atomic E-state index is 9.08. The number of guanidine groups is 1. The van der Waals surface area contributed by atoms with Crippen LogP contribution in [0.3, 0.4) is 0 Å². The Morgan fingerprint density at radius 1 is 1.56 bits per heavy atom. The Labute approximate surface area is 127 Å². The summed E-state index contributed by atoms with van der Waals surface area (Å²) in [6.45, 7) is 5.27. The first-order chi connectivity index (χ1) is 8.22. The molecule has 1 aliphatic rings. The average molecular weight is 371 g/mol. The van der Waals surface area contributed by atoms with E-state index in [0.717, 1.165) is 38.8 Å². The van der Waals surface area contributed by atoms with Crippen molar-refractivity contribution in [2.45, 2.75) is 32.6 Å². The molecule has 5 nitrogen and oxygen atoms in total. The van der Waals surface area contributed by atoms with Gasteiger partial charge in [-0.2, -0.15) is 0 Å². The van der Waals surface area contributed by atoms with Gasteiger partial charge in [-0.05, 0) is 19.3 Å². The van der Waals surface area contributed by atoms with E-state index < -0.39 is 0 Å². The Morgan fingerprint density at radius 3 is 2.89 bits per heavy atom. The molecule has 1 saturated heterocycles. The fraction of sp³-hybridized carbons (Fsp3) is 0.917. The molecule has 1 unspecified atom stereocenters. The summed E-state index contributed by atoms with van der Waals surface area (Å²) >= 11 is 0. The molecule has 4 N–H and O–H groups in total. The zero-order chi connectivity index (χ0) is 12.6. The van der Waals surface area contributed by atoms with Gasteiger partial charge in [0.1, 0.15) is 0 Å². The molecule has 1 heterocycles. The van der Waals surface area contributed by atoms with Crippen LogP contribution in [0.5, 0.6) is 0 Å². The number of aliphatic imine (C=N–C) groups is 1. The molecular weight excluding hydrogens is 345 g/mol. The van der Waals surface area contributed by atoms with Crippen molar-refractivity contribution in [2.24, 2.45) is 16.1 Å². The van der Waals surface area contributed by atoms with Crippen molar-refractivity contribution in [1.82, 2.24) is 5.32 Å². The molecule has 0 saturated carbocycles. The van der Waals surface area contributed by atoms with Gasteiger partial charge in [-0.15, -0.1) is 24.0 Å². The molecule has 108 valence electrons. The third-order valence-electron chi connectivity index (χ3n) is 3.25. The predicted molar refractivity (Wildman–Crippen MR) is 84.4 cm³/mol. The molecule has 0 radical (unpaired) electrons. The van der Waals surface area contributed by atoms with Gasteiger partial charge in [-0.1, -0.05) is 13.3 Å². The van der Waals surface area contributed by atoms with Gasteiger partial charge in [0.15, 0.2) is 5.96 Å². The molecule has 18 heavy (non-hydrogen) atoms. The molecule has 6 heteroatoms. The van der Waals surface area contributed by atoms with Crippen LogP contribution in [-0.4, -0.2) is 44.0 Å². The lowest BCUT2D eigenvalue weighted by molar-refractivity contribution is 0.131. The largest absolute Gasteiger partial charge is 0.396 e. The highest BCUT2D eigenvalue weighted by atomic mass is 127. The van der Waals surface area contributed by atoms with Crippen LogP contribution in [0.1, 0.15) is 32.6 Å². The smallest absolute Gasteiger partial charge is 0.188 e. The van der Waals surface area contributed by atoms with Crippen molar-refractivity contribution in [2.75, 3.05) is 32.9 Å². The summed E-state index contributed by atoms with van der Waals surface area (Å²) in [5.41, 5.74) is 5.78. The summed E-state index contributed by atoms with van der Waals surface area (Å²) in [7, 11) is 0. The molecule has 0 bridgehead atoms. The number of nitrogens with two attached hydrogens (primary N) is 1. The number of hydrogen-bond donors (Lipinski definition) is 3. The molecule has 0 spiro atoms. The average Bonchev–Trinajstić information content (AvgIpc) is 2.77. The summed E-state index contributed by atoms with van der Waals surface area (Å²) in [6.07, 6.45) is 3.93. The normalized spacial score (nSPS) is 23.8. The minimum absolute atomic E-state index is 0. The number of aliphatic hydroxyl groups excluding tert-OH is 1. The third-order valence-corrected chi connectivity index (χ3v) is 3.25. The van der Waals surface area contributed by atoms with E-state index in [0.29, 0.717) is 19.1 Å². The number of unbranched alkanes of at least 4 members (excludes halogenated alkanes) is 1. The summed E-state index contributed by atoms with van der Waals surface area (Å²) in [4.78, 5) is 4.36. The minimum Gasteiger partial charge on any atom is -0.396 e. The Hall–Kier alpha value is -0.0800. The van der Waals surface area contributed by atoms with Gasteiger partial charge in [0.25, 0.3) is 0 Å². The van der Waals surface area contributed by atoms with Crippen molar-refractivity contribution in [1.29, 1.82) is 0 Å². The van der Waals surface area contributed by atoms with Gasteiger partial charge in [0.05, 0.1) is 13.2 Å². The Morgan fingerprint density at radius 2 is 2.33 bits per heavy atom. The van der Waals surface area contributed by atoms with Crippen molar-refractivity contribution in [3.8, 4) is 0 Å². The zero-order valence-electron chi connectivity index (χ0n) is 11.2. The molecule has 0 aromatic carbocycles. The predicted octanol–water partition coefficient (Wildman–Crippen LogP) is 1.10. The van der Waals surface area contributed by atoms with Crippen LogP contribution in [0.2, 0.25) is 0 Å². The molecule has 1 fully saturated rings. The van der Waals surface area contributed by atoms with E-state index in [1.807, 2.05) is 0 Å². The number of nitrogens with one attached hydrogen (secondary N) is 1. The SMILES string of the molecule is CCCCNC(N)=NCC1(CCO)CCOC1.I. The number of rotatable bonds is 7. The van der Waals surface area contributed by atoms with Gasteiger partial charge in [0.2, 0.25) is 0 Å². The first-order valence-corrected chi connectivity index (χ1v) is 6.45. The summed E-state index contributed by atoms with van der Waals surface area (Å²) in [5, 5.41) is 12.2. The number of hydrogen-bond acceptors (Lipinski definition) is 3. The summed E-state index contributed by atoms with van der Waals surface area (Å²) in [6, 6.07) is 0. The molecule has 0 aliphatic carbocycles. The first kappa shape index (κ1) is 17.9. The van der Waals surface area contributed by atoms with Gasteiger partial charge in [0, 0.05) is 25.2 Å². The Kier molecular flexibility index (Phi) is 9.76. The van der Waals surface area contributed by atoms with Crippen molar-refractivity contribution >= 4 is 29.9 Å². The fourth-order valence-corrected chi connectivity index (χ4v) is 1.99. The highest BCUT2D eigenvalue weighted by Gasteiger charge is 2.34. The van der Waals surface area contributed by atoms with Gasteiger partial charge < -0.3 is 20.9 Å². The monoisotopic (exact) mass is 371 g/mol. The van der Waals surface area contributed by atoms with Crippen LogP contribution in [0.25, 0.3) is 0 Å². The molecule has 0 aromatic rings. The van der Waals surface area contributed by atoms with Crippen molar-refractivity contribution in [3.05, 3.63) is 0 Å². The second-order valence-corrected chi connectivity index (χ2v) is 4.76. The van der Waals surface area contributed by atoms with Crippen LogP contribution >= 0.6 is 24.0 Å². The van der Waals surface area contributed by atoms with Crippen molar-refractivity contribution < 1.29 is 9.84 Å². The maximum absolute atomic E-state index is 9.08. The molecule has 1 aliphatic heterocycles. The highest BCUT2D eigenvalue weighted by Crippen LogP contribution is 2.32. The third kappa shape index (κ3) is 6.19. The quantitative estimate of drug-likeness (QED) is 0.271. The second-order valence-electron chi connectivity index (χ2n) is 4.76. The van der Waals surface area contributed by atoms with E-state index >= 15 is 0 Å². The highest BCUT2D eigenvalue weighted by molar-refractivity contribution is 14.0. The molecule has 1 atom stereocenters. The first-order valence-electron chi connectivity index (χ1n) is 6.45. The minimum atomic E-state index is -0.00813. The lowest BCUT2D eigenvalue weighted by Crippen LogP contribution is -2.35. The van der Waals surface area contributed by atoms with Crippen LogP contribution in [0.15, 0.2) is 4.99 Å². The zero-order valence-corrected chi connectivity index (χ0v) is 13.5. The molecular formula is C12H26IN3O2.